The third-order valence-electron chi connectivity index (χ3n) is 4.70. The highest BCUT2D eigenvalue weighted by Crippen LogP contribution is 2.25. The lowest BCUT2D eigenvalue weighted by Crippen LogP contribution is -2.48. The van der Waals surface area contributed by atoms with Crippen LogP contribution in [0.3, 0.4) is 0 Å². The lowest BCUT2D eigenvalue weighted by molar-refractivity contribution is -0.129. The zero-order valence-corrected chi connectivity index (χ0v) is 14.7. The predicted octanol–water partition coefficient (Wildman–Crippen LogP) is 2.40. The van der Waals surface area contributed by atoms with Crippen molar-refractivity contribution in [2.75, 3.05) is 31.1 Å². The molecule has 0 atom stereocenters. The normalized spacial score (nSPS) is 15.0. The first-order valence-corrected chi connectivity index (χ1v) is 8.62. The number of carbonyl (C=O) groups excluding carboxylic acids is 1. The summed E-state index contributed by atoms with van der Waals surface area (Å²) in [6.45, 7) is 4.36. The molecule has 4 rings (SSSR count). The number of halogens is 2. The van der Waals surface area contributed by atoms with Gasteiger partial charge in [0.05, 0.1) is 11.9 Å². The maximum atomic E-state index is 13.0. The van der Waals surface area contributed by atoms with E-state index in [1.54, 1.807) is 19.3 Å². The molecule has 140 valence electrons. The molecule has 1 aliphatic heterocycles. The van der Waals surface area contributed by atoms with Crippen molar-refractivity contribution in [2.24, 2.45) is 0 Å². The minimum absolute atomic E-state index is 0.0803. The number of nitrogens with zero attached hydrogens (tertiary/aromatic N) is 6. The Hall–Kier alpha value is -3.10. The molecule has 27 heavy (non-hydrogen) atoms. The van der Waals surface area contributed by atoms with Crippen molar-refractivity contribution < 1.29 is 13.6 Å². The van der Waals surface area contributed by atoms with Gasteiger partial charge in [0.15, 0.2) is 5.65 Å². The van der Waals surface area contributed by atoms with Crippen LogP contribution in [0.2, 0.25) is 0 Å². The van der Waals surface area contributed by atoms with Crippen LogP contribution in [0, 0.1) is 0 Å². The number of piperazine rings is 1. The molecule has 4 heterocycles. The summed E-state index contributed by atoms with van der Waals surface area (Å²) in [6.07, 6.45) is 0.608. The van der Waals surface area contributed by atoms with Crippen molar-refractivity contribution >= 4 is 17.2 Å². The van der Waals surface area contributed by atoms with Crippen molar-refractivity contribution in [3.8, 4) is 11.4 Å². The largest absolute Gasteiger partial charge is 0.368 e. The van der Waals surface area contributed by atoms with E-state index >= 15 is 0 Å². The van der Waals surface area contributed by atoms with E-state index in [1.165, 1.54) is 16.6 Å². The summed E-state index contributed by atoms with van der Waals surface area (Å²) < 4.78 is 27.4. The zero-order valence-electron chi connectivity index (χ0n) is 14.7. The first-order chi connectivity index (χ1) is 13.0. The van der Waals surface area contributed by atoms with Crippen LogP contribution in [-0.2, 0) is 4.79 Å². The SMILES string of the molecule is CC(=O)N1CCN(c2ccnc(-c3cnc4ccc(C(F)F)nn34)c2)CC1. The molecular weight excluding hydrogens is 354 g/mol. The maximum Gasteiger partial charge on any atom is 0.282 e. The average molecular weight is 372 g/mol. The van der Waals surface area contributed by atoms with E-state index in [9.17, 15) is 13.6 Å². The minimum Gasteiger partial charge on any atom is -0.368 e. The number of fused-ring (bicyclic) bond motifs is 1. The van der Waals surface area contributed by atoms with Gasteiger partial charge in [0.2, 0.25) is 5.91 Å². The second kappa shape index (κ2) is 6.90. The molecule has 7 nitrogen and oxygen atoms in total. The van der Waals surface area contributed by atoms with E-state index in [0.29, 0.717) is 30.1 Å². The van der Waals surface area contributed by atoms with Gasteiger partial charge in [-0.05, 0) is 24.3 Å². The van der Waals surface area contributed by atoms with Crippen LogP contribution in [0.5, 0.6) is 0 Å². The standard InChI is InChI=1S/C18H18F2N6O/c1-12(27)24-6-8-25(9-7-24)13-4-5-21-15(10-13)16-11-22-17-3-2-14(18(19)20)23-26(16)17/h2-5,10-11,18H,6-9H2,1H3. The smallest absolute Gasteiger partial charge is 0.282 e. The molecule has 9 heteroatoms. The number of imidazole rings is 1. The molecule has 1 saturated heterocycles. The Labute approximate surface area is 154 Å². The zero-order chi connectivity index (χ0) is 19.0. The number of hydrogen-bond acceptors (Lipinski definition) is 5. The molecule has 0 unspecified atom stereocenters. The van der Waals surface area contributed by atoms with E-state index in [1.807, 2.05) is 17.0 Å². The number of amides is 1. The summed E-state index contributed by atoms with van der Waals surface area (Å²) in [5.41, 5.74) is 2.29. The summed E-state index contributed by atoms with van der Waals surface area (Å²) in [7, 11) is 0. The Morgan fingerprint density at radius 3 is 2.59 bits per heavy atom. The molecule has 0 bridgehead atoms. The van der Waals surface area contributed by atoms with Crippen LogP contribution < -0.4 is 4.90 Å². The highest BCUT2D eigenvalue weighted by atomic mass is 19.3. The second-order valence-corrected chi connectivity index (χ2v) is 6.36. The number of aromatic nitrogens is 4. The first kappa shape index (κ1) is 17.3. The summed E-state index contributed by atoms with van der Waals surface area (Å²) in [5, 5.41) is 3.99. The van der Waals surface area contributed by atoms with E-state index in [0.717, 1.165) is 18.8 Å². The van der Waals surface area contributed by atoms with Crippen LogP contribution in [0.4, 0.5) is 14.5 Å². The topological polar surface area (TPSA) is 66.6 Å². The van der Waals surface area contributed by atoms with Gasteiger partial charge in [-0.3, -0.25) is 9.78 Å². The number of rotatable bonds is 3. The van der Waals surface area contributed by atoms with Gasteiger partial charge in [-0.15, -0.1) is 0 Å². The van der Waals surface area contributed by atoms with Gasteiger partial charge >= 0.3 is 0 Å². The molecule has 3 aromatic rings. The number of alkyl halides is 2. The fourth-order valence-electron chi connectivity index (χ4n) is 3.21. The van der Waals surface area contributed by atoms with Crippen LogP contribution in [-0.4, -0.2) is 56.6 Å². The Balaban J connectivity index is 1.64. The summed E-state index contributed by atoms with van der Waals surface area (Å²) in [6, 6.07) is 6.58. The van der Waals surface area contributed by atoms with E-state index in [-0.39, 0.29) is 11.6 Å². The Morgan fingerprint density at radius 2 is 1.89 bits per heavy atom. The highest BCUT2D eigenvalue weighted by molar-refractivity contribution is 5.73. The van der Waals surface area contributed by atoms with Crippen LogP contribution in [0.1, 0.15) is 19.0 Å². The molecule has 1 fully saturated rings. The van der Waals surface area contributed by atoms with Gasteiger partial charge in [-0.1, -0.05) is 0 Å². The van der Waals surface area contributed by atoms with Crippen LogP contribution in [0.25, 0.3) is 17.0 Å². The summed E-state index contributed by atoms with van der Waals surface area (Å²) in [5.74, 6) is 0.0803. The molecule has 0 radical (unpaired) electrons. The van der Waals surface area contributed by atoms with Crippen LogP contribution in [0.15, 0.2) is 36.7 Å². The number of hydrogen-bond donors (Lipinski definition) is 0. The van der Waals surface area contributed by atoms with Crippen molar-refractivity contribution in [1.29, 1.82) is 0 Å². The van der Waals surface area contributed by atoms with Gasteiger partial charge in [0, 0.05) is 45.0 Å². The fraction of sp³-hybridized carbons (Fsp3) is 0.333. The van der Waals surface area contributed by atoms with Gasteiger partial charge < -0.3 is 9.80 Å². The second-order valence-electron chi connectivity index (χ2n) is 6.36. The van der Waals surface area contributed by atoms with Gasteiger partial charge in [0.1, 0.15) is 11.4 Å². The molecule has 0 aliphatic carbocycles. The monoisotopic (exact) mass is 372 g/mol. The molecule has 0 saturated carbocycles. The van der Waals surface area contributed by atoms with Crippen molar-refractivity contribution in [3.63, 3.8) is 0 Å². The maximum absolute atomic E-state index is 13.0. The number of carbonyl (C=O) groups is 1. The van der Waals surface area contributed by atoms with Crippen molar-refractivity contribution in [3.05, 3.63) is 42.4 Å². The number of pyridine rings is 1. The molecular formula is C18H18F2N6O. The Bertz CT molecular complexity index is 981. The van der Waals surface area contributed by atoms with Gasteiger partial charge in [0.25, 0.3) is 6.43 Å². The highest BCUT2D eigenvalue weighted by Gasteiger charge is 2.20. The van der Waals surface area contributed by atoms with Crippen molar-refractivity contribution in [2.45, 2.75) is 13.3 Å². The predicted molar refractivity (Wildman–Crippen MR) is 95.6 cm³/mol. The fourth-order valence-corrected chi connectivity index (χ4v) is 3.21. The molecule has 0 spiro atoms. The Kier molecular flexibility index (Phi) is 4.43. The molecule has 0 N–H and O–H groups in total. The lowest BCUT2D eigenvalue weighted by atomic mass is 10.2. The third-order valence-corrected chi connectivity index (χ3v) is 4.70. The van der Waals surface area contributed by atoms with Gasteiger partial charge in [-0.25, -0.2) is 18.3 Å². The third kappa shape index (κ3) is 3.32. The molecule has 1 aliphatic rings. The first-order valence-electron chi connectivity index (χ1n) is 8.62. The quantitative estimate of drug-likeness (QED) is 0.706. The van der Waals surface area contributed by atoms with E-state index < -0.39 is 6.43 Å². The van der Waals surface area contributed by atoms with Crippen LogP contribution >= 0.6 is 0 Å². The van der Waals surface area contributed by atoms with E-state index in [4.69, 9.17) is 0 Å². The number of anilines is 1. The Morgan fingerprint density at radius 1 is 1.11 bits per heavy atom. The van der Waals surface area contributed by atoms with Gasteiger partial charge in [-0.2, -0.15) is 5.10 Å². The summed E-state index contributed by atoms with van der Waals surface area (Å²) >= 11 is 0. The molecule has 0 aromatic carbocycles. The van der Waals surface area contributed by atoms with Crippen molar-refractivity contribution in [1.82, 2.24) is 24.5 Å². The molecule has 3 aromatic heterocycles. The average Bonchev–Trinajstić information content (AvgIpc) is 3.11. The summed E-state index contributed by atoms with van der Waals surface area (Å²) in [4.78, 5) is 24.1. The minimum atomic E-state index is -2.65. The lowest BCUT2D eigenvalue weighted by Gasteiger charge is -2.35. The molecule has 1 amide bonds. The van der Waals surface area contributed by atoms with E-state index in [2.05, 4.69) is 20.0 Å².